The van der Waals surface area contributed by atoms with E-state index in [1.165, 1.54) is 14.2 Å². The molecule has 3 aromatic rings. The van der Waals surface area contributed by atoms with Crippen molar-refractivity contribution in [3.8, 4) is 11.5 Å². The average Bonchev–Trinajstić information content (AvgIpc) is 2.69. The number of ketones is 1. The van der Waals surface area contributed by atoms with Gasteiger partial charge in [-0.25, -0.2) is 0 Å². The van der Waals surface area contributed by atoms with E-state index in [1.807, 2.05) is 6.07 Å². The average molecular weight is 350 g/mol. The molecule has 3 aromatic carbocycles. The fourth-order valence-corrected chi connectivity index (χ4v) is 2.88. The molecule has 0 aliphatic rings. The van der Waals surface area contributed by atoms with Gasteiger partial charge in [-0.05, 0) is 29.1 Å². The summed E-state index contributed by atoms with van der Waals surface area (Å²) < 4.78 is 9.97. The van der Waals surface area contributed by atoms with Crippen LogP contribution in [0.25, 0.3) is 10.8 Å². The quantitative estimate of drug-likeness (QED) is 0.563. The molecule has 0 unspecified atom stereocenters. The van der Waals surface area contributed by atoms with E-state index in [0.29, 0.717) is 27.6 Å². The maximum absolute atomic E-state index is 12.9. The Bertz CT molecular complexity index is 977. The Labute approximate surface area is 150 Å². The number of benzene rings is 3. The smallest absolute Gasteiger partial charge is 0.310 e. The lowest BCUT2D eigenvalue weighted by Crippen LogP contribution is -2.08. The van der Waals surface area contributed by atoms with E-state index in [-0.39, 0.29) is 23.5 Å². The van der Waals surface area contributed by atoms with Crippen molar-refractivity contribution in [2.75, 3.05) is 14.2 Å². The number of methoxy groups -OCH3 is 2. The molecule has 26 heavy (non-hydrogen) atoms. The second kappa shape index (κ2) is 7.27. The molecule has 0 bridgehead atoms. The SMILES string of the molecule is COC(=O)Cc1cc(C(=O)c2ccccc2)c(O)c2cc(OC)ccc12. The third-order valence-electron chi connectivity index (χ3n) is 4.24. The number of rotatable bonds is 5. The highest BCUT2D eigenvalue weighted by Gasteiger charge is 2.20. The largest absolute Gasteiger partial charge is 0.507 e. The molecule has 5 nitrogen and oxygen atoms in total. The number of esters is 1. The first-order chi connectivity index (χ1) is 12.5. The van der Waals surface area contributed by atoms with Gasteiger partial charge in [0.1, 0.15) is 11.5 Å². The number of carbonyl (C=O) groups is 2. The lowest BCUT2D eigenvalue weighted by molar-refractivity contribution is -0.139. The highest BCUT2D eigenvalue weighted by Crippen LogP contribution is 2.35. The van der Waals surface area contributed by atoms with Gasteiger partial charge in [0.05, 0.1) is 26.2 Å². The standard InChI is InChI=1S/C21H18O5/c1-25-15-8-9-16-14(11-19(22)26-2)10-18(21(24)17(16)12-15)20(23)13-6-4-3-5-7-13/h3-10,12,24H,11H2,1-2H3. The number of carbonyl (C=O) groups excluding carboxylic acids is 2. The summed E-state index contributed by atoms with van der Waals surface area (Å²) in [6.07, 6.45) is -0.00528. The summed E-state index contributed by atoms with van der Waals surface area (Å²) in [6.45, 7) is 0. The molecule has 0 amide bonds. The van der Waals surface area contributed by atoms with Crippen molar-refractivity contribution in [3.05, 3.63) is 71.3 Å². The lowest BCUT2D eigenvalue weighted by atomic mass is 9.93. The fourth-order valence-electron chi connectivity index (χ4n) is 2.88. The number of fused-ring (bicyclic) bond motifs is 1. The third kappa shape index (κ3) is 3.24. The minimum absolute atomic E-state index is 0.00528. The van der Waals surface area contributed by atoms with Crippen molar-refractivity contribution in [1.29, 1.82) is 0 Å². The molecule has 0 aromatic heterocycles. The zero-order chi connectivity index (χ0) is 18.7. The van der Waals surface area contributed by atoms with Gasteiger partial charge in [-0.3, -0.25) is 9.59 Å². The molecular weight excluding hydrogens is 332 g/mol. The Hall–Kier alpha value is -3.34. The summed E-state index contributed by atoms with van der Waals surface area (Å²) in [5.41, 5.74) is 1.19. The number of phenols is 1. The van der Waals surface area contributed by atoms with E-state index in [4.69, 9.17) is 9.47 Å². The van der Waals surface area contributed by atoms with E-state index < -0.39 is 5.97 Å². The van der Waals surface area contributed by atoms with Gasteiger partial charge in [0, 0.05) is 10.9 Å². The zero-order valence-electron chi connectivity index (χ0n) is 14.5. The molecule has 5 heteroatoms. The van der Waals surface area contributed by atoms with Crippen LogP contribution in [0.1, 0.15) is 21.5 Å². The van der Waals surface area contributed by atoms with Crippen molar-refractivity contribution in [2.24, 2.45) is 0 Å². The lowest BCUT2D eigenvalue weighted by Gasteiger charge is -2.13. The number of ether oxygens (including phenoxy) is 2. The van der Waals surface area contributed by atoms with Crippen molar-refractivity contribution in [2.45, 2.75) is 6.42 Å². The summed E-state index contributed by atoms with van der Waals surface area (Å²) in [7, 11) is 2.83. The molecule has 0 saturated carbocycles. The van der Waals surface area contributed by atoms with E-state index in [2.05, 4.69) is 0 Å². The van der Waals surface area contributed by atoms with Crippen LogP contribution < -0.4 is 4.74 Å². The highest BCUT2D eigenvalue weighted by atomic mass is 16.5. The van der Waals surface area contributed by atoms with Crippen LogP contribution >= 0.6 is 0 Å². The van der Waals surface area contributed by atoms with E-state index in [0.717, 1.165) is 0 Å². The van der Waals surface area contributed by atoms with Crippen LogP contribution in [0, 0.1) is 0 Å². The Kier molecular flexibility index (Phi) is 4.89. The number of aromatic hydroxyl groups is 1. The molecule has 0 heterocycles. The van der Waals surface area contributed by atoms with Gasteiger partial charge < -0.3 is 14.6 Å². The highest BCUT2D eigenvalue weighted by molar-refractivity contribution is 6.14. The maximum atomic E-state index is 12.9. The molecular formula is C21H18O5. The van der Waals surface area contributed by atoms with Crippen molar-refractivity contribution in [3.63, 3.8) is 0 Å². The Balaban J connectivity index is 2.23. The predicted octanol–water partition coefficient (Wildman–Crippen LogP) is 3.50. The number of phenolic OH excluding ortho intramolecular Hbond substituents is 1. The summed E-state index contributed by atoms with van der Waals surface area (Å²) >= 11 is 0. The topological polar surface area (TPSA) is 72.8 Å². The molecule has 0 aliphatic heterocycles. The fraction of sp³-hybridized carbons (Fsp3) is 0.143. The van der Waals surface area contributed by atoms with Gasteiger partial charge in [0.2, 0.25) is 0 Å². The second-order valence-corrected chi connectivity index (χ2v) is 5.79. The Morgan fingerprint density at radius 3 is 2.35 bits per heavy atom. The summed E-state index contributed by atoms with van der Waals surface area (Å²) in [5.74, 6) is -0.340. The van der Waals surface area contributed by atoms with E-state index in [9.17, 15) is 14.7 Å². The molecule has 1 N–H and O–H groups in total. The van der Waals surface area contributed by atoms with Crippen LogP contribution in [0.5, 0.6) is 11.5 Å². The zero-order valence-corrected chi connectivity index (χ0v) is 14.5. The molecule has 132 valence electrons. The molecule has 0 fully saturated rings. The monoisotopic (exact) mass is 350 g/mol. The van der Waals surface area contributed by atoms with Gasteiger partial charge in [0.15, 0.2) is 5.78 Å². The Morgan fingerprint density at radius 2 is 1.69 bits per heavy atom. The number of hydrogen-bond acceptors (Lipinski definition) is 5. The second-order valence-electron chi connectivity index (χ2n) is 5.79. The van der Waals surface area contributed by atoms with Crippen LogP contribution in [0.15, 0.2) is 54.6 Å². The molecule has 0 saturated heterocycles. The van der Waals surface area contributed by atoms with Gasteiger partial charge in [-0.1, -0.05) is 36.4 Å². The van der Waals surface area contributed by atoms with Crippen molar-refractivity contribution < 1.29 is 24.2 Å². The maximum Gasteiger partial charge on any atom is 0.310 e. The third-order valence-corrected chi connectivity index (χ3v) is 4.24. The van der Waals surface area contributed by atoms with Crippen LogP contribution in [-0.2, 0) is 16.0 Å². The molecule has 3 rings (SSSR count). The van der Waals surface area contributed by atoms with Crippen molar-refractivity contribution in [1.82, 2.24) is 0 Å². The summed E-state index contributed by atoms with van der Waals surface area (Å²) in [5, 5.41) is 11.8. The van der Waals surface area contributed by atoms with Crippen LogP contribution in [-0.4, -0.2) is 31.1 Å². The van der Waals surface area contributed by atoms with Crippen molar-refractivity contribution >= 4 is 22.5 Å². The molecule has 0 spiro atoms. The minimum atomic E-state index is -0.425. The first-order valence-electron chi connectivity index (χ1n) is 8.04. The van der Waals surface area contributed by atoms with Gasteiger partial charge >= 0.3 is 5.97 Å². The van der Waals surface area contributed by atoms with Crippen LogP contribution in [0.4, 0.5) is 0 Å². The summed E-state index contributed by atoms with van der Waals surface area (Å²) in [6, 6.07) is 15.4. The van der Waals surface area contributed by atoms with Crippen LogP contribution in [0.2, 0.25) is 0 Å². The van der Waals surface area contributed by atoms with Gasteiger partial charge in [-0.2, -0.15) is 0 Å². The minimum Gasteiger partial charge on any atom is -0.507 e. The van der Waals surface area contributed by atoms with Crippen LogP contribution in [0.3, 0.4) is 0 Å². The van der Waals surface area contributed by atoms with Gasteiger partial charge in [-0.15, -0.1) is 0 Å². The summed E-state index contributed by atoms with van der Waals surface area (Å²) in [4.78, 5) is 24.7. The van der Waals surface area contributed by atoms with Gasteiger partial charge in [0.25, 0.3) is 0 Å². The van der Waals surface area contributed by atoms with E-state index in [1.54, 1.807) is 48.5 Å². The first-order valence-corrected chi connectivity index (χ1v) is 8.04. The number of hydrogen-bond donors (Lipinski definition) is 1. The Morgan fingerprint density at radius 1 is 0.962 bits per heavy atom. The molecule has 0 atom stereocenters. The molecule has 0 aliphatic carbocycles. The normalized spacial score (nSPS) is 10.5. The van der Waals surface area contributed by atoms with E-state index >= 15 is 0 Å². The predicted molar refractivity (Wildman–Crippen MR) is 97.8 cm³/mol. The molecule has 0 radical (unpaired) electrons. The first kappa shape index (κ1) is 17.5.